The number of carbonyl (C=O) groups is 1. The van der Waals surface area contributed by atoms with Crippen LogP contribution in [-0.4, -0.2) is 55.0 Å². The molecular formula is C32H35Cl2N5O5S2. The number of sulfonamides is 1. The first-order chi connectivity index (χ1) is 22.1. The van der Waals surface area contributed by atoms with Gasteiger partial charge in [-0.3, -0.25) is 4.79 Å². The third-order valence-electron chi connectivity index (χ3n) is 8.57. The highest BCUT2D eigenvalue weighted by Gasteiger charge is 2.37. The summed E-state index contributed by atoms with van der Waals surface area (Å²) < 4.78 is 39.7. The number of carbonyl (C=O) groups excluding carboxylic acids is 1. The van der Waals surface area contributed by atoms with Crippen LogP contribution in [0.4, 0.5) is 5.13 Å². The first-order valence-corrected chi connectivity index (χ1v) is 18.8. The van der Waals surface area contributed by atoms with Crippen LogP contribution < -0.4 is 19.7 Å². The van der Waals surface area contributed by atoms with Gasteiger partial charge in [0.2, 0.25) is 10.0 Å². The average Bonchev–Trinajstić information content (AvgIpc) is 3.95. The van der Waals surface area contributed by atoms with Gasteiger partial charge in [-0.2, -0.15) is 0 Å². The van der Waals surface area contributed by atoms with Crippen molar-refractivity contribution in [2.75, 3.05) is 18.0 Å². The van der Waals surface area contributed by atoms with Crippen molar-refractivity contribution in [2.24, 2.45) is 0 Å². The third-order valence-corrected chi connectivity index (χ3v) is 12.1. The number of aromatic nitrogens is 2. The summed E-state index contributed by atoms with van der Waals surface area (Å²) in [5, 5.41) is 9.60. The van der Waals surface area contributed by atoms with Crippen LogP contribution in [0.3, 0.4) is 0 Å². The first kappa shape index (κ1) is 31.7. The smallest absolute Gasteiger partial charge is 0.264 e. The van der Waals surface area contributed by atoms with Crippen LogP contribution in [0.25, 0.3) is 21.5 Å². The van der Waals surface area contributed by atoms with Crippen molar-refractivity contribution in [3.8, 4) is 17.0 Å². The lowest BCUT2D eigenvalue weighted by Crippen LogP contribution is -2.42. The van der Waals surface area contributed by atoms with E-state index in [1.165, 1.54) is 11.3 Å². The molecule has 2 aromatic heterocycles. The van der Waals surface area contributed by atoms with Crippen molar-refractivity contribution in [3.63, 3.8) is 0 Å². The number of nitrogens with one attached hydrogen (secondary N) is 2. The van der Waals surface area contributed by atoms with Gasteiger partial charge in [0.15, 0.2) is 5.13 Å². The van der Waals surface area contributed by atoms with E-state index in [2.05, 4.69) is 20.1 Å². The number of fused-ring (bicyclic) bond motifs is 1. The molecule has 2 N–H and O–H groups in total. The molecule has 2 saturated carbocycles. The zero-order chi connectivity index (χ0) is 32.2. The van der Waals surface area contributed by atoms with E-state index in [-0.39, 0.29) is 17.7 Å². The molecule has 0 radical (unpaired) electrons. The quantitative estimate of drug-likeness (QED) is 0.171. The Morgan fingerprint density at radius 3 is 2.48 bits per heavy atom. The Bertz CT molecular complexity index is 1870. The maximum absolute atomic E-state index is 13.0. The summed E-state index contributed by atoms with van der Waals surface area (Å²) in [6.07, 6.45) is 5.00. The third kappa shape index (κ3) is 6.60. The Morgan fingerprint density at radius 1 is 1.11 bits per heavy atom. The average molecular weight is 705 g/mol. The predicted molar refractivity (Wildman–Crippen MR) is 181 cm³/mol. The number of benzene rings is 2. The lowest BCUT2D eigenvalue weighted by atomic mass is 10.0. The van der Waals surface area contributed by atoms with Crippen LogP contribution in [0.2, 0.25) is 10.0 Å². The molecule has 4 aromatic rings. The minimum absolute atomic E-state index is 0.149. The van der Waals surface area contributed by atoms with Crippen molar-refractivity contribution in [3.05, 3.63) is 57.3 Å². The van der Waals surface area contributed by atoms with Gasteiger partial charge in [-0.1, -0.05) is 45.8 Å². The van der Waals surface area contributed by atoms with Gasteiger partial charge in [0.25, 0.3) is 5.91 Å². The molecule has 244 valence electrons. The first-order valence-electron chi connectivity index (χ1n) is 15.7. The van der Waals surface area contributed by atoms with E-state index in [9.17, 15) is 13.2 Å². The van der Waals surface area contributed by atoms with Gasteiger partial charge in [0.05, 0.1) is 26.1 Å². The molecule has 3 heterocycles. The van der Waals surface area contributed by atoms with Crippen LogP contribution in [0.5, 0.6) is 5.75 Å². The van der Waals surface area contributed by atoms with Crippen molar-refractivity contribution < 1.29 is 22.5 Å². The van der Waals surface area contributed by atoms with Gasteiger partial charge in [0, 0.05) is 48.3 Å². The van der Waals surface area contributed by atoms with Gasteiger partial charge in [-0.25, -0.2) is 18.1 Å². The fourth-order valence-electron chi connectivity index (χ4n) is 5.85. The van der Waals surface area contributed by atoms with Crippen molar-refractivity contribution in [1.82, 2.24) is 20.2 Å². The van der Waals surface area contributed by atoms with Crippen LogP contribution in [0.15, 0.2) is 34.9 Å². The summed E-state index contributed by atoms with van der Waals surface area (Å²) in [6, 6.07) is 9.03. The molecule has 0 unspecified atom stereocenters. The van der Waals surface area contributed by atoms with Gasteiger partial charge in [-0.15, -0.1) is 0 Å². The van der Waals surface area contributed by atoms with Gasteiger partial charge in [-0.05, 0) is 76.6 Å². The van der Waals surface area contributed by atoms with E-state index < -0.39 is 21.2 Å². The van der Waals surface area contributed by atoms with E-state index >= 15 is 0 Å². The zero-order valence-corrected chi connectivity index (χ0v) is 28.7. The normalized spacial score (nSPS) is 17.6. The second-order valence-electron chi connectivity index (χ2n) is 12.5. The molecule has 0 spiro atoms. The zero-order valence-electron chi connectivity index (χ0n) is 25.5. The molecule has 14 heteroatoms. The molecule has 1 saturated heterocycles. The number of piperidine rings is 1. The number of ether oxygens (including phenoxy) is 1. The Balaban J connectivity index is 1.05. The molecule has 1 aliphatic heterocycles. The van der Waals surface area contributed by atoms with Crippen molar-refractivity contribution in [2.45, 2.75) is 82.2 Å². The van der Waals surface area contributed by atoms with Gasteiger partial charge < -0.3 is 19.5 Å². The number of halogens is 2. The second-order valence-corrected chi connectivity index (χ2v) is 16.3. The summed E-state index contributed by atoms with van der Waals surface area (Å²) in [7, 11) is -3.67. The monoisotopic (exact) mass is 703 g/mol. The van der Waals surface area contributed by atoms with Crippen LogP contribution in [0.1, 0.15) is 80.0 Å². The number of hydrogen-bond acceptors (Lipinski definition) is 10. The number of hydrogen-bond donors (Lipinski definition) is 2. The largest absolute Gasteiger partial charge is 0.489 e. The van der Waals surface area contributed by atoms with E-state index in [1.807, 2.05) is 32.0 Å². The Kier molecular flexibility index (Phi) is 8.69. The van der Waals surface area contributed by atoms with Crippen LogP contribution in [-0.2, 0) is 16.6 Å². The highest BCUT2D eigenvalue weighted by atomic mass is 35.5. The maximum atomic E-state index is 13.0. The van der Waals surface area contributed by atoms with Gasteiger partial charge in [0.1, 0.15) is 22.7 Å². The number of nitrogens with zero attached hydrogens (tertiary/aromatic N) is 3. The molecule has 2 aliphatic carbocycles. The summed E-state index contributed by atoms with van der Waals surface area (Å²) in [5.41, 5.74) is 3.33. The molecule has 7 rings (SSSR count). The van der Waals surface area contributed by atoms with Crippen LogP contribution in [0, 0.1) is 0 Å². The van der Waals surface area contributed by atoms with Crippen molar-refractivity contribution in [1.29, 1.82) is 0 Å². The van der Waals surface area contributed by atoms with E-state index in [4.69, 9.17) is 37.4 Å². The van der Waals surface area contributed by atoms with E-state index in [0.717, 1.165) is 59.9 Å². The van der Waals surface area contributed by atoms with Crippen molar-refractivity contribution >= 4 is 65.8 Å². The number of amides is 1. The molecule has 3 aliphatic rings. The predicted octanol–water partition coefficient (Wildman–Crippen LogP) is 6.90. The number of thiazole rings is 1. The summed E-state index contributed by atoms with van der Waals surface area (Å²) in [5.74, 6) is 1.12. The summed E-state index contributed by atoms with van der Waals surface area (Å²) in [4.78, 5) is 20.1. The molecule has 3 fully saturated rings. The molecule has 46 heavy (non-hydrogen) atoms. The summed E-state index contributed by atoms with van der Waals surface area (Å²) in [6.45, 7) is 6.01. The Morgan fingerprint density at radius 2 is 1.83 bits per heavy atom. The molecule has 0 bridgehead atoms. The maximum Gasteiger partial charge on any atom is 0.264 e. The topological polar surface area (TPSA) is 127 Å². The lowest BCUT2D eigenvalue weighted by molar-refractivity contribution is 0.0980. The second kappa shape index (κ2) is 12.6. The molecule has 2 aromatic carbocycles. The molecular weight excluding hydrogens is 669 g/mol. The fraction of sp³-hybridized carbons (Fsp3) is 0.469. The van der Waals surface area contributed by atoms with Crippen LogP contribution >= 0.6 is 34.5 Å². The number of rotatable bonds is 11. The molecule has 1 amide bonds. The highest BCUT2D eigenvalue weighted by Crippen LogP contribution is 2.46. The Labute approximate surface area is 281 Å². The minimum atomic E-state index is -3.67. The lowest BCUT2D eigenvalue weighted by Gasteiger charge is -2.32. The van der Waals surface area contributed by atoms with E-state index in [1.54, 1.807) is 12.1 Å². The number of anilines is 1. The summed E-state index contributed by atoms with van der Waals surface area (Å²) >= 11 is 14.6. The van der Waals surface area contributed by atoms with E-state index in [0.29, 0.717) is 57.9 Å². The molecule has 10 nitrogen and oxygen atoms in total. The fourth-order valence-corrected chi connectivity index (χ4v) is 8.80. The van der Waals surface area contributed by atoms with Gasteiger partial charge >= 0.3 is 0 Å². The Hall–Kier alpha value is -2.90. The molecule has 0 atom stereocenters. The standard InChI is InChI=1S/C32H35Cl2N5O5S2/c1-17(2)43-25-14-19(31(40)38-46(41,42)21-8-9-21)15-26-29(25)36-32(45-26)39-12-10-20(11-13-39)35-16-22-28(37-44-30(22)18-6-7-18)27-23(33)4-3-5-24(27)34/h3-5,14-15,17-18,20-21,35H,6-13,16H2,1-2H3,(H,38,40). The highest BCUT2D eigenvalue weighted by molar-refractivity contribution is 7.91. The SMILES string of the molecule is CC(C)Oc1cc(C(=O)NS(=O)(=O)C2CC2)cc2sc(N3CCC(NCc4c(-c5c(Cl)cccc5Cl)noc4C4CC4)CC3)nc12. The minimum Gasteiger partial charge on any atom is -0.489 e.